The van der Waals surface area contributed by atoms with Crippen molar-refractivity contribution in [2.45, 2.75) is 39.3 Å². The first kappa shape index (κ1) is 17.2. The second-order valence-corrected chi connectivity index (χ2v) is 6.97. The molecule has 0 bridgehead atoms. The van der Waals surface area contributed by atoms with Crippen LogP contribution in [0, 0.1) is 5.82 Å². The summed E-state index contributed by atoms with van der Waals surface area (Å²) < 4.78 is 18.1. The van der Waals surface area contributed by atoms with Crippen LogP contribution in [0.25, 0.3) is 22.1 Å². The van der Waals surface area contributed by atoms with E-state index in [1.165, 1.54) is 12.5 Å². The van der Waals surface area contributed by atoms with Crippen molar-refractivity contribution in [2.24, 2.45) is 0 Å². The zero-order valence-corrected chi connectivity index (χ0v) is 15.4. The van der Waals surface area contributed by atoms with Gasteiger partial charge in [-0.15, -0.1) is 0 Å². The summed E-state index contributed by atoms with van der Waals surface area (Å²) in [5, 5.41) is 1.06. The molecule has 140 valence electrons. The fourth-order valence-electron chi connectivity index (χ4n) is 3.37. The first-order chi connectivity index (χ1) is 12.9. The maximum Gasteiger partial charge on any atom is 0.154 e. The van der Waals surface area contributed by atoms with Crippen LogP contribution >= 0.6 is 0 Å². The summed E-state index contributed by atoms with van der Waals surface area (Å²) in [6, 6.07) is 2.03. The van der Waals surface area contributed by atoms with E-state index in [1.54, 1.807) is 4.57 Å². The van der Waals surface area contributed by atoms with Gasteiger partial charge in [-0.2, -0.15) is 0 Å². The molecule has 1 unspecified atom stereocenters. The predicted octanol–water partition coefficient (Wildman–Crippen LogP) is 2.86. The lowest BCUT2D eigenvalue weighted by Crippen LogP contribution is -2.12. The number of fused-ring (bicyclic) bond motifs is 2. The van der Waals surface area contributed by atoms with Gasteiger partial charge < -0.3 is 20.6 Å². The van der Waals surface area contributed by atoms with Crippen LogP contribution in [0.1, 0.15) is 38.7 Å². The highest BCUT2D eigenvalue weighted by Crippen LogP contribution is 2.27. The first-order valence-electron chi connectivity index (χ1n) is 8.76. The third-order valence-electron chi connectivity index (χ3n) is 4.75. The SMILES string of the molecule is CC(C)n1ccc2c(N)nc(CC(C)n3cc(F)c4c(N)ncnc43)nc21. The van der Waals surface area contributed by atoms with Gasteiger partial charge in [-0.1, -0.05) is 0 Å². The summed E-state index contributed by atoms with van der Waals surface area (Å²) in [5.41, 5.74) is 13.2. The van der Waals surface area contributed by atoms with Crippen LogP contribution in [0.2, 0.25) is 0 Å². The van der Waals surface area contributed by atoms with Crippen LogP contribution in [-0.2, 0) is 6.42 Å². The summed E-state index contributed by atoms with van der Waals surface area (Å²) in [5.74, 6) is 0.716. The van der Waals surface area contributed by atoms with E-state index in [1.807, 2.05) is 19.2 Å². The van der Waals surface area contributed by atoms with Crippen LogP contribution < -0.4 is 11.5 Å². The average molecular weight is 368 g/mol. The van der Waals surface area contributed by atoms with Crippen molar-refractivity contribution in [2.75, 3.05) is 11.5 Å². The predicted molar refractivity (Wildman–Crippen MR) is 103 cm³/mol. The maximum absolute atomic E-state index is 14.3. The lowest BCUT2D eigenvalue weighted by molar-refractivity contribution is 0.531. The van der Waals surface area contributed by atoms with Crippen LogP contribution in [-0.4, -0.2) is 29.1 Å². The molecular formula is C18H21FN8. The first-order valence-corrected chi connectivity index (χ1v) is 8.76. The number of aromatic nitrogens is 6. The molecule has 0 amide bonds. The number of nitrogens with two attached hydrogens (primary N) is 2. The van der Waals surface area contributed by atoms with Crippen LogP contribution in [0.4, 0.5) is 16.0 Å². The van der Waals surface area contributed by atoms with Gasteiger partial charge in [-0.05, 0) is 26.8 Å². The molecular weight excluding hydrogens is 347 g/mol. The Morgan fingerprint density at radius 3 is 2.56 bits per heavy atom. The minimum absolute atomic E-state index is 0.125. The Labute approximate surface area is 155 Å². The molecule has 9 heteroatoms. The molecule has 0 radical (unpaired) electrons. The molecule has 4 aromatic heterocycles. The molecule has 4 aromatic rings. The zero-order chi connectivity index (χ0) is 19.3. The van der Waals surface area contributed by atoms with Crippen molar-refractivity contribution in [3.05, 3.63) is 36.4 Å². The van der Waals surface area contributed by atoms with Crippen LogP contribution in [0.3, 0.4) is 0 Å². The van der Waals surface area contributed by atoms with Gasteiger partial charge in [0.05, 0.1) is 10.8 Å². The number of rotatable bonds is 4. The lowest BCUT2D eigenvalue weighted by Gasteiger charge is -2.15. The number of halogens is 1. The average Bonchev–Trinajstić information content (AvgIpc) is 3.17. The summed E-state index contributed by atoms with van der Waals surface area (Å²) >= 11 is 0. The molecule has 0 fully saturated rings. The van der Waals surface area contributed by atoms with E-state index in [2.05, 4.69) is 33.4 Å². The summed E-state index contributed by atoms with van der Waals surface area (Å²) in [6.45, 7) is 6.11. The third-order valence-corrected chi connectivity index (χ3v) is 4.75. The highest BCUT2D eigenvalue weighted by molar-refractivity contribution is 5.87. The summed E-state index contributed by atoms with van der Waals surface area (Å²) in [4.78, 5) is 17.2. The zero-order valence-electron chi connectivity index (χ0n) is 15.4. The van der Waals surface area contributed by atoms with Gasteiger partial charge in [-0.25, -0.2) is 24.3 Å². The van der Waals surface area contributed by atoms with Crippen molar-refractivity contribution < 1.29 is 4.39 Å². The van der Waals surface area contributed by atoms with Gasteiger partial charge in [0.2, 0.25) is 0 Å². The molecule has 27 heavy (non-hydrogen) atoms. The van der Waals surface area contributed by atoms with Gasteiger partial charge in [0, 0.05) is 30.9 Å². The molecule has 8 nitrogen and oxygen atoms in total. The maximum atomic E-state index is 14.3. The monoisotopic (exact) mass is 368 g/mol. The van der Waals surface area contributed by atoms with E-state index >= 15 is 0 Å². The molecule has 0 saturated heterocycles. The smallest absolute Gasteiger partial charge is 0.154 e. The van der Waals surface area contributed by atoms with Gasteiger partial charge in [0.15, 0.2) is 5.82 Å². The number of nitrogens with zero attached hydrogens (tertiary/aromatic N) is 6. The molecule has 0 aliphatic rings. The third kappa shape index (κ3) is 2.75. The van der Waals surface area contributed by atoms with E-state index in [4.69, 9.17) is 16.5 Å². The van der Waals surface area contributed by atoms with Crippen LogP contribution in [0.5, 0.6) is 0 Å². The largest absolute Gasteiger partial charge is 0.383 e. The summed E-state index contributed by atoms with van der Waals surface area (Å²) in [7, 11) is 0. The summed E-state index contributed by atoms with van der Waals surface area (Å²) in [6.07, 6.45) is 5.15. The lowest BCUT2D eigenvalue weighted by atomic mass is 10.2. The topological polar surface area (TPSA) is 113 Å². The van der Waals surface area contributed by atoms with Crippen molar-refractivity contribution in [3.8, 4) is 0 Å². The Balaban J connectivity index is 1.74. The highest BCUT2D eigenvalue weighted by Gasteiger charge is 2.19. The molecule has 4 rings (SSSR count). The fourth-order valence-corrected chi connectivity index (χ4v) is 3.37. The molecule has 4 N–H and O–H groups in total. The fraction of sp³-hybridized carbons (Fsp3) is 0.333. The quantitative estimate of drug-likeness (QED) is 0.572. The molecule has 0 aliphatic carbocycles. The van der Waals surface area contributed by atoms with E-state index in [9.17, 15) is 4.39 Å². The van der Waals surface area contributed by atoms with E-state index < -0.39 is 5.82 Å². The van der Waals surface area contributed by atoms with Gasteiger partial charge >= 0.3 is 0 Å². The van der Waals surface area contributed by atoms with Gasteiger partial charge in [-0.3, -0.25) is 0 Å². The molecule has 0 spiro atoms. The molecule has 4 heterocycles. The Kier molecular flexibility index (Phi) is 3.94. The van der Waals surface area contributed by atoms with Crippen molar-refractivity contribution >= 4 is 33.7 Å². The molecule has 0 saturated carbocycles. The molecule has 0 aromatic carbocycles. The minimum Gasteiger partial charge on any atom is -0.383 e. The second-order valence-electron chi connectivity index (χ2n) is 6.97. The van der Waals surface area contributed by atoms with Crippen molar-refractivity contribution in [1.82, 2.24) is 29.1 Å². The van der Waals surface area contributed by atoms with Crippen LogP contribution in [0.15, 0.2) is 24.8 Å². The van der Waals surface area contributed by atoms with Crippen molar-refractivity contribution in [1.29, 1.82) is 0 Å². The molecule has 0 aliphatic heterocycles. The van der Waals surface area contributed by atoms with Crippen molar-refractivity contribution in [3.63, 3.8) is 0 Å². The molecule has 1 atom stereocenters. The van der Waals surface area contributed by atoms with E-state index in [0.29, 0.717) is 23.7 Å². The number of anilines is 2. The second kappa shape index (κ2) is 6.19. The Hall–Kier alpha value is -3.23. The minimum atomic E-state index is -0.445. The Morgan fingerprint density at radius 1 is 1.04 bits per heavy atom. The highest BCUT2D eigenvalue weighted by atomic mass is 19.1. The Morgan fingerprint density at radius 2 is 1.81 bits per heavy atom. The Bertz CT molecular complexity index is 1140. The van der Waals surface area contributed by atoms with Gasteiger partial charge in [0.25, 0.3) is 0 Å². The number of hydrogen-bond donors (Lipinski definition) is 2. The number of nitrogen functional groups attached to an aromatic ring is 2. The standard InChI is InChI=1S/C18H21FN8/c1-9(2)26-5-4-11-15(20)24-13(25-17(11)26)6-10(3)27-7-12(19)14-16(21)22-8-23-18(14)27/h4-5,7-10H,6H2,1-3H3,(H2,20,24,25)(H2,21,22,23). The van der Waals surface area contributed by atoms with Gasteiger partial charge in [0.1, 0.15) is 35.1 Å². The normalized spacial score (nSPS) is 13.1. The number of hydrogen-bond acceptors (Lipinski definition) is 6. The van der Waals surface area contributed by atoms with E-state index in [-0.39, 0.29) is 23.3 Å². The van der Waals surface area contributed by atoms with E-state index in [0.717, 1.165) is 11.0 Å².